The zero-order valence-corrected chi connectivity index (χ0v) is 16.9. The molecule has 0 saturated heterocycles. The number of carbonyl (C=O) groups is 1. The molecule has 0 saturated carbocycles. The highest BCUT2D eigenvalue weighted by atomic mass is 32.1. The third kappa shape index (κ3) is 3.65. The molecule has 2 aromatic heterocycles. The molecule has 2 heterocycles. The summed E-state index contributed by atoms with van der Waals surface area (Å²) in [5, 5.41) is 3.65. The molecule has 0 unspecified atom stereocenters. The predicted molar refractivity (Wildman–Crippen MR) is 108 cm³/mol. The van der Waals surface area contributed by atoms with Crippen molar-refractivity contribution in [2.24, 2.45) is 0 Å². The fourth-order valence-corrected chi connectivity index (χ4v) is 4.45. The lowest BCUT2D eigenvalue weighted by Crippen LogP contribution is -2.25. The molecule has 30 heavy (non-hydrogen) atoms. The number of thiazole rings is 1. The van der Waals surface area contributed by atoms with Crippen LogP contribution in [0.5, 0.6) is 0 Å². The van der Waals surface area contributed by atoms with Crippen LogP contribution in [0.3, 0.4) is 0 Å². The maximum atomic E-state index is 14.1. The largest absolute Gasteiger partial charge is 0.416 e. The van der Waals surface area contributed by atoms with E-state index in [1.54, 1.807) is 6.07 Å². The first kappa shape index (κ1) is 20.3. The molecule has 2 aromatic carbocycles. The fourth-order valence-electron chi connectivity index (χ4n) is 3.53. The van der Waals surface area contributed by atoms with Gasteiger partial charge in [0, 0.05) is 17.6 Å². The highest BCUT2D eigenvalue weighted by Crippen LogP contribution is 2.33. The highest BCUT2D eigenvalue weighted by Gasteiger charge is 2.31. The number of rotatable bonds is 4. The smallest absolute Gasteiger partial charge is 0.356 e. The standard InChI is InChI=1S/C21H17F4N3OS/c1-10-3-5-14(22)18-17(10)13(11(2)27-18)7-8-26-19(29)20-28-15-6-4-12(21(23,24)25)9-16(15)30-20/h3-6,9,27H,7-8H2,1-2H3,(H,26,29). The Kier molecular flexibility index (Phi) is 5.01. The van der Waals surface area contributed by atoms with E-state index in [-0.39, 0.29) is 17.4 Å². The molecule has 1 amide bonds. The third-order valence-electron chi connectivity index (χ3n) is 5.00. The van der Waals surface area contributed by atoms with Crippen molar-refractivity contribution in [2.45, 2.75) is 26.4 Å². The van der Waals surface area contributed by atoms with E-state index in [9.17, 15) is 22.4 Å². The Labute approximate surface area is 172 Å². The van der Waals surface area contributed by atoms with Crippen LogP contribution >= 0.6 is 11.3 Å². The number of aromatic nitrogens is 2. The van der Waals surface area contributed by atoms with Gasteiger partial charge in [-0.1, -0.05) is 6.07 Å². The van der Waals surface area contributed by atoms with Crippen molar-refractivity contribution in [3.8, 4) is 0 Å². The highest BCUT2D eigenvalue weighted by molar-refractivity contribution is 7.20. The number of nitrogens with zero attached hydrogens (tertiary/aromatic N) is 1. The number of hydrogen-bond acceptors (Lipinski definition) is 3. The van der Waals surface area contributed by atoms with Gasteiger partial charge < -0.3 is 10.3 Å². The summed E-state index contributed by atoms with van der Waals surface area (Å²) >= 11 is 0.915. The molecule has 2 N–H and O–H groups in total. The number of alkyl halides is 3. The van der Waals surface area contributed by atoms with E-state index in [1.165, 1.54) is 12.1 Å². The quantitative estimate of drug-likeness (QED) is 0.415. The first-order valence-electron chi connectivity index (χ1n) is 9.17. The number of aryl methyl sites for hydroxylation is 2. The van der Waals surface area contributed by atoms with Crippen LogP contribution in [-0.4, -0.2) is 22.4 Å². The minimum Gasteiger partial charge on any atom is -0.356 e. The molecule has 0 aliphatic heterocycles. The maximum Gasteiger partial charge on any atom is 0.416 e. The van der Waals surface area contributed by atoms with E-state index in [4.69, 9.17) is 0 Å². The Hall–Kier alpha value is -2.94. The minimum absolute atomic E-state index is 0.0993. The molecule has 0 atom stereocenters. The van der Waals surface area contributed by atoms with Crippen molar-refractivity contribution in [1.82, 2.24) is 15.3 Å². The summed E-state index contributed by atoms with van der Waals surface area (Å²) in [5.74, 6) is -0.785. The van der Waals surface area contributed by atoms with Gasteiger partial charge in [-0.2, -0.15) is 13.2 Å². The van der Waals surface area contributed by atoms with Crippen LogP contribution in [0.15, 0.2) is 30.3 Å². The van der Waals surface area contributed by atoms with Crippen molar-refractivity contribution in [2.75, 3.05) is 6.54 Å². The van der Waals surface area contributed by atoms with E-state index in [2.05, 4.69) is 15.3 Å². The summed E-state index contributed by atoms with van der Waals surface area (Å²) in [7, 11) is 0. The number of aromatic amines is 1. The zero-order chi connectivity index (χ0) is 21.6. The predicted octanol–water partition coefficient (Wildman–Crippen LogP) is 5.52. The van der Waals surface area contributed by atoms with Crippen molar-refractivity contribution in [3.63, 3.8) is 0 Å². The van der Waals surface area contributed by atoms with Gasteiger partial charge in [-0.15, -0.1) is 11.3 Å². The molecule has 0 radical (unpaired) electrons. The molecule has 0 bridgehead atoms. The third-order valence-corrected chi connectivity index (χ3v) is 6.02. The number of carbonyl (C=O) groups excluding carboxylic acids is 1. The number of benzene rings is 2. The lowest BCUT2D eigenvalue weighted by molar-refractivity contribution is -0.137. The summed E-state index contributed by atoms with van der Waals surface area (Å²) in [6.07, 6.45) is -3.97. The molecule has 0 spiro atoms. The number of hydrogen-bond donors (Lipinski definition) is 2. The number of fused-ring (bicyclic) bond motifs is 2. The summed E-state index contributed by atoms with van der Waals surface area (Å²) in [6, 6.07) is 6.33. The van der Waals surface area contributed by atoms with Gasteiger partial charge in [-0.3, -0.25) is 4.79 Å². The Morgan fingerprint density at radius 1 is 1.20 bits per heavy atom. The Balaban J connectivity index is 1.50. The van der Waals surface area contributed by atoms with Crippen molar-refractivity contribution in [1.29, 1.82) is 0 Å². The number of amides is 1. The van der Waals surface area contributed by atoms with Crippen LogP contribution in [0.1, 0.15) is 32.2 Å². The topological polar surface area (TPSA) is 57.8 Å². The summed E-state index contributed by atoms with van der Waals surface area (Å²) in [4.78, 5) is 19.6. The van der Waals surface area contributed by atoms with E-state index in [0.717, 1.165) is 45.7 Å². The molecule has 156 valence electrons. The van der Waals surface area contributed by atoms with Crippen molar-refractivity contribution in [3.05, 3.63) is 63.5 Å². The second-order valence-electron chi connectivity index (χ2n) is 7.05. The molecule has 4 rings (SSSR count). The zero-order valence-electron chi connectivity index (χ0n) is 16.1. The molecule has 4 aromatic rings. The molecule has 0 aliphatic rings. The molecule has 0 aliphatic carbocycles. The lowest BCUT2D eigenvalue weighted by atomic mass is 10.0. The number of H-pyrrole nitrogens is 1. The maximum absolute atomic E-state index is 14.1. The SMILES string of the molecule is Cc1[nH]c2c(F)ccc(C)c2c1CCNC(=O)c1nc2ccc(C(F)(F)F)cc2s1. The summed E-state index contributed by atoms with van der Waals surface area (Å²) in [6.45, 7) is 4.03. The second-order valence-corrected chi connectivity index (χ2v) is 8.08. The first-order chi connectivity index (χ1) is 14.1. The van der Waals surface area contributed by atoms with Gasteiger partial charge in [-0.05, 0) is 55.7 Å². The van der Waals surface area contributed by atoms with Crippen LogP contribution < -0.4 is 5.32 Å². The monoisotopic (exact) mass is 435 g/mol. The molecular weight excluding hydrogens is 418 g/mol. The molecule has 4 nitrogen and oxygen atoms in total. The average molecular weight is 435 g/mol. The van der Waals surface area contributed by atoms with Crippen LogP contribution in [-0.2, 0) is 12.6 Å². The van der Waals surface area contributed by atoms with E-state index in [0.29, 0.717) is 22.2 Å². The molecular formula is C21H17F4N3OS. The van der Waals surface area contributed by atoms with Gasteiger partial charge in [0.15, 0.2) is 5.01 Å². The van der Waals surface area contributed by atoms with Crippen molar-refractivity contribution < 1.29 is 22.4 Å². The number of halogens is 4. The van der Waals surface area contributed by atoms with Gasteiger partial charge in [0.25, 0.3) is 5.91 Å². The van der Waals surface area contributed by atoms with E-state index < -0.39 is 17.6 Å². The van der Waals surface area contributed by atoms with Crippen molar-refractivity contribution >= 4 is 38.4 Å². The van der Waals surface area contributed by atoms with Gasteiger partial charge in [0.05, 0.1) is 21.3 Å². The second kappa shape index (κ2) is 7.39. The lowest BCUT2D eigenvalue weighted by Gasteiger charge is -2.05. The van der Waals surface area contributed by atoms with Crippen LogP contribution in [0, 0.1) is 19.7 Å². The van der Waals surface area contributed by atoms with Crippen LogP contribution in [0.2, 0.25) is 0 Å². The van der Waals surface area contributed by atoms with Gasteiger partial charge in [-0.25, -0.2) is 9.37 Å². The van der Waals surface area contributed by atoms with E-state index >= 15 is 0 Å². The summed E-state index contributed by atoms with van der Waals surface area (Å²) < 4.78 is 52.9. The fraction of sp³-hybridized carbons (Fsp3) is 0.238. The Bertz CT molecular complexity index is 1270. The normalized spacial score (nSPS) is 12.1. The average Bonchev–Trinajstić information content (AvgIpc) is 3.25. The molecule has 0 fully saturated rings. The van der Waals surface area contributed by atoms with E-state index in [1.807, 2.05) is 13.8 Å². The Morgan fingerprint density at radius 2 is 1.97 bits per heavy atom. The first-order valence-corrected chi connectivity index (χ1v) is 9.99. The van der Waals surface area contributed by atoms with Gasteiger partial charge >= 0.3 is 6.18 Å². The molecule has 9 heteroatoms. The number of nitrogens with one attached hydrogen (secondary N) is 2. The van der Waals surface area contributed by atoms with Crippen LogP contribution in [0.4, 0.5) is 17.6 Å². The Morgan fingerprint density at radius 3 is 2.70 bits per heavy atom. The van der Waals surface area contributed by atoms with Gasteiger partial charge in [0.2, 0.25) is 0 Å². The van der Waals surface area contributed by atoms with Crippen LogP contribution in [0.25, 0.3) is 21.1 Å². The minimum atomic E-state index is -4.45. The van der Waals surface area contributed by atoms with Gasteiger partial charge in [0.1, 0.15) is 5.82 Å². The summed E-state index contributed by atoms with van der Waals surface area (Å²) in [5.41, 5.74) is 2.69.